The van der Waals surface area contributed by atoms with Crippen LogP contribution in [0.15, 0.2) is 26.5 Å². The van der Waals surface area contributed by atoms with Gasteiger partial charge in [-0.2, -0.15) is 0 Å². The molecule has 0 bridgehead atoms. The van der Waals surface area contributed by atoms with Crippen LogP contribution in [-0.2, 0) is 7.05 Å². The van der Waals surface area contributed by atoms with Crippen molar-refractivity contribution in [3.05, 3.63) is 37.7 Å². The maximum atomic E-state index is 11.8. The minimum absolute atomic E-state index is 0.392. The summed E-state index contributed by atoms with van der Waals surface area (Å²) >= 11 is 3.40. The van der Waals surface area contributed by atoms with Crippen LogP contribution in [0, 0.1) is 0 Å². The average Bonchev–Trinajstić information content (AvgIpc) is 2.59. The normalized spacial score (nSPS) is 11.4. The number of imidazole rings is 1. The minimum atomic E-state index is -0.523. The third kappa shape index (κ3) is 1.35. The fraction of sp³-hybridized carbons (Fsp3) is 0.100. The highest BCUT2D eigenvalue weighted by Gasteiger charge is 2.12. The van der Waals surface area contributed by atoms with Gasteiger partial charge in [-0.05, 0) is 22.0 Å². The van der Waals surface area contributed by atoms with E-state index in [1.165, 1.54) is 0 Å². The lowest BCUT2D eigenvalue weighted by Gasteiger charge is -2.01. The molecule has 2 N–H and O–H groups in total. The molecule has 0 saturated carbocycles. The smallest absolute Gasteiger partial charge is 0.326 e. The molecule has 86 valence electrons. The zero-order valence-electron chi connectivity index (χ0n) is 8.74. The molecule has 0 unspecified atom stereocenters. The maximum Gasteiger partial charge on any atom is 0.326 e. The number of hydrogen-bond acceptors (Lipinski definition) is 3. The van der Waals surface area contributed by atoms with Crippen LogP contribution in [0.1, 0.15) is 0 Å². The SMILES string of the molecule is Cn1cnc2c3c(=O)[nH]c(=O)[nH]c3cc(Br)c21. The molecule has 0 aliphatic carbocycles. The van der Waals surface area contributed by atoms with E-state index in [-0.39, 0.29) is 0 Å². The Balaban J connectivity index is 2.74. The lowest BCUT2D eigenvalue weighted by Crippen LogP contribution is -2.22. The molecule has 3 aromatic rings. The Morgan fingerprint density at radius 1 is 1.35 bits per heavy atom. The van der Waals surface area contributed by atoms with Crippen molar-refractivity contribution in [3.8, 4) is 0 Å². The molecular weight excluding hydrogens is 288 g/mol. The largest absolute Gasteiger partial charge is 0.333 e. The summed E-state index contributed by atoms with van der Waals surface area (Å²) in [6.45, 7) is 0. The van der Waals surface area contributed by atoms with Gasteiger partial charge < -0.3 is 9.55 Å². The van der Waals surface area contributed by atoms with Crippen molar-refractivity contribution < 1.29 is 0 Å². The van der Waals surface area contributed by atoms with Gasteiger partial charge in [0.15, 0.2) is 0 Å². The van der Waals surface area contributed by atoms with E-state index >= 15 is 0 Å². The summed E-state index contributed by atoms with van der Waals surface area (Å²) < 4.78 is 2.59. The molecule has 0 aliphatic rings. The number of aryl methyl sites for hydroxylation is 1. The van der Waals surface area contributed by atoms with Gasteiger partial charge in [0.2, 0.25) is 0 Å². The number of aromatic nitrogens is 4. The van der Waals surface area contributed by atoms with Crippen LogP contribution in [0.5, 0.6) is 0 Å². The summed E-state index contributed by atoms with van der Waals surface area (Å²) in [4.78, 5) is 32.0. The predicted octanol–water partition coefficient (Wildman–Crippen LogP) is 0.866. The minimum Gasteiger partial charge on any atom is -0.333 e. The fourth-order valence-electron chi connectivity index (χ4n) is 1.94. The zero-order chi connectivity index (χ0) is 12.2. The first-order valence-electron chi connectivity index (χ1n) is 4.84. The van der Waals surface area contributed by atoms with Crippen molar-refractivity contribution in [2.75, 3.05) is 0 Å². The number of nitrogens with one attached hydrogen (secondary N) is 2. The van der Waals surface area contributed by atoms with Crippen LogP contribution >= 0.6 is 15.9 Å². The predicted molar refractivity (Wildman–Crippen MR) is 67.2 cm³/mol. The molecule has 3 rings (SSSR count). The highest BCUT2D eigenvalue weighted by molar-refractivity contribution is 9.10. The molecule has 0 spiro atoms. The highest BCUT2D eigenvalue weighted by atomic mass is 79.9. The van der Waals surface area contributed by atoms with Crippen LogP contribution in [0.3, 0.4) is 0 Å². The van der Waals surface area contributed by atoms with Crippen LogP contribution in [0.25, 0.3) is 21.9 Å². The van der Waals surface area contributed by atoms with Gasteiger partial charge in [0, 0.05) is 11.5 Å². The Morgan fingerprint density at radius 2 is 2.12 bits per heavy atom. The Kier molecular flexibility index (Phi) is 1.99. The van der Waals surface area contributed by atoms with Gasteiger partial charge in [0.1, 0.15) is 5.52 Å². The van der Waals surface area contributed by atoms with Crippen LogP contribution < -0.4 is 11.2 Å². The first kappa shape index (κ1) is 10.3. The first-order chi connectivity index (χ1) is 8.08. The van der Waals surface area contributed by atoms with Gasteiger partial charge in [-0.25, -0.2) is 9.78 Å². The molecule has 17 heavy (non-hydrogen) atoms. The van der Waals surface area contributed by atoms with Gasteiger partial charge in [-0.15, -0.1) is 0 Å². The summed E-state index contributed by atoms with van der Waals surface area (Å²) in [5.74, 6) is 0. The zero-order valence-corrected chi connectivity index (χ0v) is 10.3. The van der Waals surface area contributed by atoms with Crippen molar-refractivity contribution in [2.45, 2.75) is 0 Å². The van der Waals surface area contributed by atoms with E-state index in [0.29, 0.717) is 16.4 Å². The lowest BCUT2D eigenvalue weighted by molar-refractivity contribution is 0.945. The standard InChI is InChI=1S/C10H7BrN4O2/c1-15-3-12-7-6-5(2-4(11)8(7)15)13-10(17)14-9(6)16/h2-3H,1H3,(H2,13,14,16,17). The number of nitrogens with zero attached hydrogens (tertiary/aromatic N) is 2. The first-order valence-corrected chi connectivity index (χ1v) is 5.63. The van der Waals surface area contributed by atoms with Crippen molar-refractivity contribution in [1.29, 1.82) is 0 Å². The van der Waals surface area contributed by atoms with Crippen LogP contribution in [-0.4, -0.2) is 19.5 Å². The third-order valence-electron chi connectivity index (χ3n) is 2.64. The highest BCUT2D eigenvalue weighted by Crippen LogP contribution is 2.27. The molecule has 0 aliphatic heterocycles. The van der Waals surface area contributed by atoms with Gasteiger partial charge >= 0.3 is 5.69 Å². The van der Waals surface area contributed by atoms with E-state index in [1.54, 1.807) is 12.4 Å². The van der Waals surface area contributed by atoms with Gasteiger partial charge in [-0.1, -0.05) is 0 Å². The second-order valence-electron chi connectivity index (χ2n) is 3.74. The number of fused-ring (bicyclic) bond motifs is 3. The van der Waals surface area contributed by atoms with Crippen molar-refractivity contribution in [1.82, 2.24) is 19.5 Å². The van der Waals surface area contributed by atoms with Crippen molar-refractivity contribution in [2.24, 2.45) is 7.05 Å². The Labute approximate surface area is 102 Å². The topological polar surface area (TPSA) is 83.5 Å². The van der Waals surface area contributed by atoms with Crippen LogP contribution in [0.4, 0.5) is 0 Å². The molecule has 1 aromatic carbocycles. The third-order valence-corrected chi connectivity index (χ3v) is 3.25. The molecule has 0 atom stereocenters. The molecule has 0 amide bonds. The molecule has 2 aromatic heterocycles. The quantitative estimate of drug-likeness (QED) is 0.645. The van der Waals surface area contributed by atoms with E-state index in [1.807, 2.05) is 11.6 Å². The number of aromatic amines is 2. The number of benzene rings is 1. The summed E-state index contributed by atoms with van der Waals surface area (Å²) in [6, 6.07) is 1.70. The maximum absolute atomic E-state index is 11.8. The number of hydrogen-bond donors (Lipinski definition) is 2. The molecule has 0 fully saturated rings. The Morgan fingerprint density at radius 3 is 2.88 bits per heavy atom. The monoisotopic (exact) mass is 294 g/mol. The fourth-order valence-corrected chi connectivity index (χ4v) is 2.63. The summed E-state index contributed by atoms with van der Waals surface area (Å²) in [5.41, 5.74) is 0.894. The van der Waals surface area contributed by atoms with E-state index in [9.17, 15) is 9.59 Å². The van der Waals surface area contributed by atoms with E-state index in [0.717, 1.165) is 9.99 Å². The van der Waals surface area contributed by atoms with Crippen molar-refractivity contribution in [3.63, 3.8) is 0 Å². The summed E-state index contributed by atoms with van der Waals surface area (Å²) in [7, 11) is 1.84. The number of rotatable bonds is 0. The second kappa shape index (κ2) is 3.30. The summed E-state index contributed by atoms with van der Waals surface area (Å²) in [5, 5.41) is 0.392. The van der Waals surface area contributed by atoms with Gasteiger partial charge in [-0.3, -0.25) is 9.78 Å². The van der Waals surface area contributed by atoms with E-state index < -0.39 is 11.2 Å². The molecule has 0 radical (unpaired) electrons. The molecule has 6 nitrogen and oxygen atoms in total. The molecule has 2 heterocycles. The second-order valence-corrected chi connectivity index (χ2v) is 4.60. The number of H-pyrrole nitrogens is 2. The van der Waals surface area contributed by atoms with E-state index in [4.69, 9.17) is 0 Å². The van der Waals surface area contributed by atoms with Crippen molar-refractivity contribution >= 4 is 37.9 Å². The van der Waals surface area contributed by atoms with E-state index in [2.05, 4.69) is 30.9 Å². The van der Waals surface area contributed by atoms with Crippen LogP contribution in [0.2, 0.25) is 0 Å². The lowest BCUT2D eigenvalue weighted by atomic mass is 10.2. The molecular formula is C10H7BrN4O2. The average molecular weight is 295 g/mol. The van der Waals surface area contributed by atoms with Gasteiger partial charge in [0.25, 0.3) is 5.56 Å². The Hall–Kier alpha value is -1.89. The molecule has 7 heteroatoms. The Bertz CT molecular complexity index is 858. The van der Waals surface area contributed by atoms with Gasteiger partial charge in [0.05, 0.1) is 22.7 Å². The molecule has 0 saturated heterocycles. The number of halogens is 1. The summed E-state index contributed by atoms with van der Waals surface area (Å²) in [6.07, 6.45) is 1.62.